The van der Waals surface area contributed by atoms with Gasteiger partial charge in [0.05, 0.1) is 0 Å². The molecule has 0 aliphatic carbocycles. The highest BCUT2D eigenvalue weighted by atomic mass is 16.6. The molecule has 1 rings (SSSR count). The number of hydrogen-bond acceptors (Lipinski definition) is 4. The lowest BCUT2D eigenvalue weighted by molar-refractivity contribution is -0.139. The minimum absolute atomic E-state index is 0.387. The van der Waals surface area contributed by atoms with Crippen LogP contribution in [0.4, 0.5) is 10.5 Å². The first-order valence-electron chi connectivity index (χ1n) is 5.77. The van der Waals surface area contributed by atoms with Crippen molar-refractivity contribution in [3.05, 3.63) is 29.8 Å². The summed E-state index contributed by atoms with van der Waals surface area (Å²) < 4.78 is 5.03. The Morgan fingerprint density at radius 2 is 2.00 bits per heavy atom. The van der Waals surface area contributed by atoms with Crippen LogP contribution >= 0.6 is 0 Å². The number of carbonyl (C=O) groups is 2. The van der Waals surface area contributed by atoms with Crippen molar-refractivity contribution in [1.29, 1.82) is 0 Å². The first-order valence-corrected chi connectivity index (χ1v) is 5.77. The molecule has 19 heavy (non-hydrogen) atoms. The zero-order chi connectivity index (χ0) is 14.6. The van der Waals surface area contributed by atoms with Crippen molar-refractivity contribution in [2.75, 3.05) is 5.73 Å². The summed E-state index contributed by atoms with van der Waals surface area (Å²) in [6.45, 7) is 5.09. The Labute approximate surface area is 111 Å². The SMILES string of the molecule is CC(C)(C)OC(=O)N[C@@H](C(=O)O)c1cccc(N)c1. The van der Waals surface area contributed by atoms with Crippen molar-refractivity contribution in [2.24, 2.45) is 0 Å². The highest BCUT2D eigenvalue weighted by Crippen LogP contribution is 2.17. The van der Waals surface area contributed by atoms with Gasteiger partial charge in [-0.2, -0.15) is 0 Å². The van der Waals surface area contributed by atoms with Crippen LogP contribution in [0.2, 0.25) is 0 Å². The molecule has 1 aromatic rings. The van der Waals surface area contributed by atoms with Gasteiger partial charge in [0.2, 0.25) is 0 Å². The summed E-state index contributed by atoms with van der Waals surface area (Å²) in [7, 11) is 0. The van der Waals surface area contributed by atoms with Gasteiger partial charge in [0.1, 0.15) is 5.60 Å². The number of benzene rings is 1. The minimum Gasteiger partial charge on any atom is -0.479 e. The lowest BCUT2D eigenvalue weighted by Crippen LogP contribution is -2.38. The number of nitrogen functional groups attached to an aromatic ring is 1. The fourth-order valence-electron chi connectivity index (χ4n) is 1.45. The zero-order valence-electron chi connectivity index (χ0n) is 11.1. The maximum Gasteiger partial charge on any atom is 0.408 e. The third-order valence-corrected chi connectivity index (χ3v) is 2.15. The fraction of sp³-hybridized carbons (Fsp3) is 0.385. The van der Waals surface area contributed by atoms with Crippen LogP contribution in [-0.2, 0) is 9.53 Å². The van der Waals surface area contributed by atoms with E-state index in [2.05, 4.69) is 5.32 Å². The summed E-state index contributed by atoms with van der Waals surface area (Å²) in [6, 6.07) is 5.13. The van der Waals surface area contributed by atoms with Crippen LogP contribution in [0.1, 0.15) is 32.4 Å². The molecule has 1 amide bonds. The van der Waals surface area contributed by atoms with Crippen molar-refractivity contribution in [3.8, 4) is 0 Å². The molecule has 0 saturated heterocycles. The lowest BCUT2D eigenvalue weighted by Gasteiger charge is -2.22. The van der Waals surface area contributed by atoms with Crippen molar-refractivity contribution in [1.82, 2.24) is 5.32 Å². The Morgan fingerprint density at radius 3 is 2.47 bits per heavy atom. The maximum atomic E-state index is 11.6. The van der Waals surface area contributed by atoms with Gasteiger partial charge >= 0.3 is 12.1 Å². The van der Waals surface area contributed by atoms with Crippen molar-refractivity contribution >= 4 is 17.7 Å². The number of anilines is 1. The van der Waals surface area contributed by atoms with Gasteiger partial charge in [-0.15, -0.1) is 0 Å². The van der Waals surface area contributed by atoms with Crippen molar-refractivity contribution in [2.45, 2.75) is 32.4 Å². The highest BCUT2D eigenvalue weighted by Gasteiger charge is 2.25. The number of aliphatic carboxylic acids is 1. The van der Waals surface area contributed by atoms with E-state index in [1.54, 1.807) is 39.0 Å². The summed E-state index contributed by atoms with van der Waals surface area (Å²) in [5.74, 6) is -1.18. The van der Waals surface area contributed by atoms with Crippen LogP contribution in [-0.4, -0.2) is 22.8 Å². The number of carboxylic acid groups (broad SMARTS) is 1. The molecule has 0 heterocycles. The fourth-order valence-corrected chi connectivity index (χ4v) is 1.45. The second kappa shape index (κ2) is 5.60. The molecule has 1 aromatic carbocycles. The first kappa shape index (κ1) is 14.8. The molecule has 0 radical (unpaired) electrons. The molecule has 0 aliphatic rings. The van der Waals surface area contributed by atoms with Gasteiger partial charge in [-0.05, 0) is 38.5 Å². The van der Waals surface area contributed by atoms with Crippen LogP contribution in [0.5, 0.6) is 0 Å². The van der Waals surface area contributed by atoms with E-state index in [0.717, 1.165) is 0 Å². The molecule has 0 unspecified atom stereocenters. The van der Waals surface area contributed by atoms with E-state index in [1.165, 1.54) is 6.07 Å². The van der Waals surface area contributed by atoms with Crippen molar-refractivity contribution < 1.29 is 19.4 Å². The standard InChI is InChI=1S/C13H18N2O4/c1-13(2,3)19-12(18)15-10(11(16)17)8-5-4-6-9(14)7-8/h4-7,10H,14H2,1-3H3,(H,15,18)(H,16,17)/t10-/m1/s1. The normalized spacial score (nSPS) is 12.6. The molecular weight excluding hydrogens is 248 g/mol. The average Bonchev–Trinajstić information content (AvgIpc) is 2.23. The Balaban J connectivity index is 2.85. The number of hydrogen-bond donors (Lipinski definition) is 3. The topological polar surface area (TPSA) is 102 Å². The molecule has 104 valence electrons. The number of alkyl carbamates (subject to hydrolysis) is 1. The number of nitrogens with two attached hydrogens (primary N) is 1. The Kier molecular flexibility index (Phi) is 4.37. The van der Waals surface area contributed by atoms with Gasteiger partial charge in [0.25, 0.3) is 0 Å². The summed E-state index contributed by atoms with van der Waals surface area (Å²) in [4.78, 5) is 22.8. The summed E-state index contributed by atoms with van der Waals surface area (Å²) in [5, 5.41) is 11.5. The van der Waals surface area contributed by atoms with Gasteiger partial charge < -0.3 is 20.9 Å². The van der Waals surface area contributed by atoms with E-state index in [9.17, 15) is 9.59 Å². The Morgan fingerprint density at radius 1 is 1.37 bits per heavy atom. The molecule has 0 aromatic heterocycles. The van der Waals surface area contributed by atoms with Crippen LogP contribution in [0.15, 0.2) is 24.3 Å². The van der Waals surface area contributed by atoms with E-state index < -0.39 is 23.7 Å². The molecule has 0 saturated carbocycles. The molecule has 6 heteroatoms. The second-order valence-corrected chi connectivity index (χ2v) is 5.09. The monoisotopic (exact) mass is 266 g/mol. The molecule has 4 N–H and O–H groups in total. The van der Waals surface area contributed by atoms with Crippen LogP contribution in [0.25, 0.3) is 0 Å². The predicted octanol–water partition coefficient (Wildman–Crippen LogP) is 1.92. The van der Waals surface area contributed by atoms with E-state index in [-0.39, 0.29) is 0 Å². The molecule has 6 nitrogen and oxygen atoms in total. The Bertz CT molecular complexity index is 480. The van der Waals surface area contributed by atoms with Gasteiger partial charge in [-0.1, -0.05) is 12.1 Å². The quantitative estimate of drug-likeness (QED) is 0.725. The summed E-state index contributed by atoms with van der Waals surface area (Å²) >= 11 is 0. The highest BCUT2D eigenvalue weighted by molar-refractivity contribution is 5.81. The van der Waals surface area contributed by atoms with Crippen LogP contribution in [0.3, 0.4) is 0 Å². The van der Waals surface area contributed by atoms with Crippen LogP contribution < -0.4 is 11.1 Å². The smallest absolute Gasteiger partial charge is 0.408 e. The lowest BCUT2D eigenvalue weighted by atomic mass is 10.1. The van der Waals surface area contributed by atoms with Gasteiger partial charge in [-0.3, -0.25) is 0 Å². The number of carboxylic acids is 1. The Hall–Kier alpha value is -2.24. The van der Waals surface area contributed by atoms with Crippen molar-refractivity contribution in [3.63, 3.8) is 0 Å². The molecular formula is C13H18N2O4. The maximum absolute atomic E-state index is 11.6. The predicted molar refractivity (Wildman–Crippen MR) is 70.6 cm³/mol. The van der Waals surface area contributed by atoms with E-state index in [4.69, 9.17) is 15.6 Å². The van der Waals surface area contributed by atoms with E-state index in [0.29, 0.717) is 11.3 Å². The zero-order valence-corrected chi connectivity index (χ0v) is 11.1. The van der Waals surface area contributed by atoms with E-state index >= 15 is 0 Å². The average molecular weight is 266 g/mol. The molecule has 0 fully saturated rings. The molecule has 1 atom stereocenters. The number of nitrogens with one attached hydrogen (secondary N) is 1. The number of carbonyl (C=O) groups excluding carboxylic acids is 1. The number of amides is 1. The minimum atomic E-state index is -1.20. The van der Waals surface area contributed by atoms with Gasteiger partial charge in [-0.25, -0.2) is 9.59 Å². The summed E-state index contributed by atoms with van der Waals surface area (Å²) in [5.41, 5.74) is 5.71. The first-order chi connectivity index (χ1) is 8.69. The molecule has 0 spiro atoms. The summed E-state index contributed by atoms with van der Waals surface area (Å²) in [6.07, 6.45) is -0.790. The number of rotatable bonds is 3. The number of ether oxygens (including phenoxy) is 1. The van der Waals surface area contributed by atoms with Gasteiger partial charge in [0.15, 0.2) is 6.04 Å². The van der Waals surface area contributed by atoms with Gasteiger partial charge in [0, 0.05) is 5.69 Å². The largest absolute Gasteiger partial charge is 0.479 e. The van der Waals surface area contributed by atoms with E-state index in [1.807, 2.05) is 0 Å². The third kappa shape index (κ3) is 4.87. The van der Waals surface area contributed by atoms with Crippen LogP contribution in [0, 0.1) is 0 Å². The molecule has 0 bridgehead atoms. The molecule has 0 aliphatic heterocycles. The third-order valence-electron chi connectivity index (χ3n) is 2.15. The second-order valence-electron chi connectivity index (χ2n) is 5.09.